The number of likely N-dealkylation sites (N-methyl/N-ethyl adjacent to an activating group) is 1. The van der Waals surface area contributed by atoms with E-state index >= 15 is 0 Å². The van der Waals surface area contributed by atoms with E-state index in [2.05, 4.69) is 21.2 Å². The van der Waals surface area contributed by atoms with Crippen LogP contribution in [0, 0.1) is 11.6 Å². The molecule has 0 bridgehead atoms. The molecule has 4 nitrogen and oxygen atoms in total. The van der Waals surface area contributed by atoms with Gasteiger partial charge in [-0.2, -0.15) is 0 Å². The lowest BCUT2D eigenvalue weighted by atomic mass is 10.1. The highest BCUT2D eigenvalue weighted by Gasteiger charge is 2.31. The van der Waals surface area contributed by atoms with Gasteiger partial charge in [-0.25, -0.2) is 8.78 Å². The van der Waals surface area contributed by atoms with Crippen LogP contribution in [0.3, 0.4) is 0 Å². The van der Waals surface area contributed by atoms with Crippen molar-refractivity contribution in [3.8, 4) is 0 Å². The predicted octanol–water partition coefficient (Wildman–Crippen LogP) is 1.59. The zero-order chi connectivity index (χ0) is 15.6. The predicted molar refractivity (Wildman–Crippen MR) is 79.8 cm³/mol. The van der Waals surface area contributed by atoms with Crippen LogP contribution in [-0.4, -0.2) is 55.5 Å². The molecule has 0 radical (unpaired) electrons. The summed E-state index contributed by atoms with van der Waals surface area (Å²) in [5.41, 5.74) is -0.0113. The maximum atomic E-state index is 14.1. The summed E-state index contributed by atoms with van der Waals surface area (Å²) in [6.07, 6.45) is 0. The molecule has 7 heteroatoms. The highest BCUT2D eigenvalue weighted by molar-refractivity contribution is 9.10. The van der Waals surface area contributed by atoms with Crippen molar-refractivity contribution in [3.63, 3.8) is 0 Å². The molecule has 1 heterocycles. The Bertz CT molecular complexity index is 539. The van der Waals surface area contributed by atoms with Gasteiger partial charge in [-0.1, -0.05) is 0 Å². The Morgan fingerprint density at radius 3 is 2.86 bits per heavy atom. The lowest BCUT2D eigenvalue weighted by molar-refractivity contribution is -0.135. The first-order valence-corrected chi connectivity index (χ1v) is 7.49. The van der Waals surface area contributed by atoms with Crippen LogP contribution in [0.15, 0.2) is 16.6 Å². The fraction of sp³-hybridized carbons (Fsp3) is 0.500. The van der Waals surface area contributed by atoms with Crippen LogP contribution in [0.2, 0.25) is 0 Å². The summed E-state index contributed by atoms with van der Waals surface area (Å²) in [4.78, 5) is 15.5. The van der Waals surface area contributed by atoms with E-state index in [0.717, 1.165) is 0 Å². The Morgan fingerprint density at radius 1 is 1.48 bits per heavy atom. The van der Waals surface area contributed by atoms with Crippen LogP contribution in [-0.2, 0) is 11.3 Å². The largest absolute Gasteiger partial charge is 0.347 e. The third kappa shape index (κ3) is 3.59. The summed E-state index contributed by atoms with van der Waals surface area (Å²) in [6, 6.07) is 2.16. The number of carbonyl (C=O) groups excluding carboxylic acids is 1. The van der Waals surface area contributed by atoms with Crippen LogP contribution in [0.5, 0.6) is 0 Å². The van der Waals surface area contributed by atoms with Gasteiger partial charge >= 0.3 is 0 Å². The van der Waals surface area contributed by atoms with Crippen LogP contribution in [0.4, 0.5) is 8.78 Å². The zero-order valence-corrected chi connectivity index (χ0v) is 13.6. The van der Waals surface area contributed by atoms with Gasteiger partial charge in [0, 0.05) is 45.8 Å². The Balaban J connectivity index is 2.24. The van der Waals surface area contributed by atoms with Crippen LogP contribution in [0.1, 0.15) is 5.56 Å². The maximum absolute atomic E-state index is 14.1. The van der Waals surface area contributed by atoms with E-state index < -0.39 is 17.7 Å². The number of piperazine rings is 1. The number of benzene rings is 1. The Labute approximate surface area is 131 Å². The molecule has 1 aromatic carbocycles. The number of hydrogen-bond acceptors (Lipinski definition) is 3. The topological polar surface area (TPSA) is 35.6 Å². The molecule has 21 heavy (non-hydrogen) atoms. The Kier molecular flexibility index (Phi) is 5.29. The van der Waals surface area contributed by atoms with Gasteiger partial charge in [-0.15, -0.1) is 0 Å². The highest BCUT2D eigenvalue weighted by Crippen LogP contribution is 2.24. The van der Waals surface area contributed by atoms with Gasteiger partial charge < -0.3 is 10.2 Å². The van der Waals surface area contributed by atoms with Crippen LogP contribution in [0.25, 0.3) is 0 Å². The molecule has 1 aromatic rings. The van der Waals surface area contributed by atoms with E-state index in [4.69, 9.17) is 0 Å². The molecular formula is C14H18BrF2N3O. The van der Waals surface area contributed by atoms with Crippen molar-refractivity contribution in [1.82, 2.24) is 15.1 Å². The number of carbonyl (C=O) groups is 1. The number of hydrogen-bond donors (Lipinski definition) is 1. The zero-order valence-electron chi connectivity index (χ0n) is 12.0. The molecule has 1 unspecified atom stereocenters. The minimum absolute atomic E-state index is 0.0113. The molecule has 1 atom stereocenters. The summed E-state index contributed by atoms with van der Waals surface area (Å²) in [5.74, 6) is -1.27. The average Bonchev–Trinajstić information content (AvgIpc) is 2.47. The van der Waals surface area contributed by atoms with E-state index in [0.29, 0.717) is 19.6 Å². The normalized spacial score (nSPS) is 19.6. The number of nitrogens with one attached hydrogen (secondary N) is 1. The summed E-state index contributed by atoms with van der Waals surface area (Å²) in [6.45, 7) is 1.81. The Hall–Kier alpha value is -1.05. The number of nitrogens with zero attached hydrogens (tertiary/aromatic N) is 2. The van der Waals surface area contributed by atoms with Gasteiger partial charge in [0.15, 0.2) is 0 Å². The van der Waals surface area contributed by atoms with E-state index in [9.17, 15) is 13.6 Å². The van der Waals surface area contributed by atoms with E-state index in [1.165, 1.54) is 17.0 Å². The molecule has 1 aliphatic rings. The van der Waals surface area contributed by atoms with Crippen molar-refractivity contribution in [3.05, 3.63) is 33.8 Å². The van der Waals surface area contributed by atoms with Gasteiger partial charge in [0.2, 0.25) is 5.91 Å². The molecule has 1 N–H and O–H groups in total. The van der Waals surface area contributed by atoms with Crippen molar-refractivity contribution >= 4 is 21.8 Å². The number of amides is 1. The van der Waals surface area contributed by atoms with Gasteiger partial charge in [0.1, 0.15) is 17.7 Å². The summed E-state index contributed by atoms with van der Waals surface area (Å²) < 4.78 is 28.2. The molecule has 116 valence electrons. The lowest BCUT2D eigenvalue weighted by Crippen LogP contribution is -2.57. The summed E-state index contributed by atoms with van der Waals surface area (Å²) >= 11 is 3.06. The molecule has 1 saturated heterocycles. The van der Waals surface area contributed by atoms with Gasteiger partial charge in [-0.05, 0) is 28.1 Å². The molecule has 0 aromatic heterocycles. The second-order valence-corrected chi connectivity index (χ2v) is 6.10. The molecule has 0 spiro atoms. The van der Waals surface area contributed by atoms with Gasteiger partial charge in [0.25, 0.3) is 0 Å². The molecule has 1 aliphatic heterocycles. The molecule has 0 aliphatic carbocycles. The first kappa shape index (κ1) is 16.3. The second kappa shape index (κ2) is 6.81. The van der Waals surface area contributed by atoms with E-state index in [1.54, 1.807) is 14.1 Å². The van der Waals surface area contributed by atoms with Crippen LogP contribution < -0.4 is 5.32 Å². The molecule has 1 amide bonds. The van der Waals surface area contributed by atoms with Crippen molar-refractivity contribution < 1.29 is 13.6 Å². The van der Waals surface area contributed by atoms with Crippen molar-refractivity contribution in [1.29, 1.82) is 0 Å². The Morgan fingerprint density at radius 2 is 2.19 bits per heavy atom. The fourth-order valence-electron chi connectivity index (χ4n) is 2.39. The fourth-order valence-corrected chi connectivity index (χ4v) is 2.77. The van der Waals surface area contributed by atoms with Crippen LogP contribution >= 0.6 is 15.9 Å². The standard InChI is InChI=1S/C14H18BrF2N3O/c1-19(2)14(21)12-7-18-5-6-20(12)8-9-11(16)4-3-10(15)13(9)17/h3-4,12,18H,5-8H2,1-2H3. The minimum Gasteiger partial charge on any atom is -0.347 e. The number of halogens is 3. The summed E-state index contributed by atoms with van der Waals surface area (Å²) in [5, 5.41) is 3.14. The first-order valence-electron chi connectivity index (χ1n) is 6.70. The maximum Gasteiger partial charge on any atom is 0.240 e. The van der Waals surface area contributed by atoms with E-state index in [-0.39, 0.29) is 22.5 Å². The smallest absolute Gasteiger partial charge is 0.240 e. The third-order valence-electron chi connectivity index (χ3n) is 3.58. The van der Waals surface area contributed by atoms with Crippen molar-refractivity contribution in [2.24, 2.45) is 0 Å². The monoisotopic (exact) mass is 361 g/mol. The van der Waals surface area contributed by atoms with Crippen molar-refractivity contribution in [2.45, 2.75) is 12.6 Å². The SMILES string of the molecule is CN(C)C(=O)C1CNCCN1Cc1c(F)ccc(Br)c1F. The minimum atomic E-state index is -0.607. The van der Waals surface area contributed by atoms with Gasteiger partial charge in [-0.3, -0.25) is 9.69 Å². The number of rotatable bonds is 3. The second-order valence-electron chi connectivity index (χ2n) is 5.24. The molecule has 0 saturated carbocycles. The highest BCUT2D eigenvalue weighted by atomic mass is 79.9. The van der Waals surface area contributed by atoms with Crippen molar-refractivity contribution in [2.75, 3.05) is 33.7 Å². The van der Waals surface area contributed by atoms with Gasteiger partial charge in [0.05, 0.1) is 4.47 Å². The molecule has 2 rings (SSSR count). The molecular weight excluding hydrogens is 344 g/mol. The van der Waals surface area contributed by atoms with E-state index in [1.807, 2.05) is 4.90 Å². The third-order valence-corrected chi connectivity index (χ3v) is 4.19. The first-order chi connectivity index (χ1) is 9.91. The molecule has 1 fully saturated rings. The lowest BCUT2D eigenvalue weighted by Gasteiger charge is -2.36. The summed E-state index contributed by atoms with van der Waals surface area (Å²) in [7, 11) is 3.35. The quantitative estimate of drug-likeness (QED) is 0.830. The average molecular weight is 362 g/mol.